The fraction of sp³-hybridized carbons (Fsp3) is 0.308. The fourth-order valence-electron chi connectivity index (χ4n) is 3.51. The molecular formula is C26H31N3O3. The third-order valence-corrected chi connectivity index (χ3v) is 5.15. The van der Waals surface area contributed by atoms with Crippen molar-refractivity contribution in [3.63, 3.8) is 0 Å². The molecule has 0 saturated carbocycles. The number of carbonyl (C=O) groups is 2. The zero-order valence-corrected chi connectivity index (χ0v) is 18.9. The fourth-order valence-corrected chi connectivity index (χ4v) is 3.51. The van der Waals surface area contributed by atoms with Gasteiger partial charge in [-0.05, 0) is 23.1 Å². The van der Waals surface area contributed by atoms with Gasteiger partial charge in [0, 0.05) is 29.9 Å². The molecular weight excluding hydrogens is 402 g/mol. The Morgan fingerprint density at radius 2 is 1.78 bits per heavy atom. The van der Waals surface area contributed by atoms with Crippen molar-refractivity contribution < 1.29 is 14.4 Å². The molecule has 6 nitrogen and oxygen atoms in total. The standard InChI is InChI=1S/C26H31N3O3/c1-4-25(30)23(15-20-16-27-22-13-9-8-12-21(20)22)28-26(31)24(14-18(2)3)29-32-17-19-10-6-5-7-11-19/h5-14,16,18,23,27,29H,4,15,17H2,1-3H3,(H,28,31). The topological polar surface area (TPSA) is 83.2 Å². The average Bonchev–Trinajstić information content (AvgIpc) is 3.20. The highest BCUT2D eigenvalue weighted by atomic mass is 16.6. The van der Waals surface area contributed by atoms with Crippen LogP contribution in [0.25, 0.3) is 10.9 Å². The molecule has 3 N–H and O–H groups in total. The quantitative estimate of drug-likeness (QED) is 0.308. The first-order valence-corrected chi connectivity index (χ1v) is 11.0. The Kier molecular flexibility index (Phi) is 8.22. The molecule has 1 unspecified atom stereocenters. The van der Waals surface area contributed by atoms with Gasteiger partial charge in [-0.25, -0.2) is 0 Å². The minimum atomic E-state index is -0.627. The van der Waals surface area contributed by atoms with Gasteiger partial charge >= 0.3 is 0 Å². The molecule has 1 aromatic heterocycles. The Labute approximate surface area is 189 Å². The Bertz CT molecular complexity index is 1070. The molecule has 3 rings (SSSR count). The van der Waals surface area contributed by atoms with Crippen LogP contribution in [-0.4, -0.2) is 22.7 Å². The van der Waals surface area contributed by atoms with Crippen LogP contribution in [0.1, 0.15) is 38.3 Å². The molecule has 0 saturated heterocycles. The van der Waals surface area contributed by atoms with Crippen molar-refractivity contribution in [2.24, 2.45) is 5.92 Å². The Morgan fingerprint density at radius 1 is 1.06 bits per heavy atom. The first-order chi connectivity index (χ1) is 15.5. The first-order valence-electron chi connectivity index (χ1n) is 11.0. The van der Waals surface area contributed by atoms with Gasteiger partial charge in [-0.3, -0.25) is 19.9 Å². The highest BCUT2D eigenvalue weighted by Crippen LogP contribution is 2.19. The number of H-pyrrole nitrogens is 1. The molecule has 0 aliphatic heterocycles. The van der Waals surface area contributed by atoms with Crippen molar-refractivity contribution in [2.75, 3.05) is 0 Å². The van der Waals surface area contributed by atoms with E-state index in [-0.39, 0.29) is 17.6 Å². The zero-order valence-electron chi connectivity index (χ0n) is 18.9. The molecule has 168 valence electrons. The number of hydroxylamine groups is 1. The molecule has 0 aliphatic carbocycles. The number of carbonyl (C=O) groups excluding carboxylic acids is 2. The number of hydrogen-bond acceptors (Lipinski definition) is 4. The number of aromatic amines is 1. The molecule has 0 aliphatic rings. The van der Waals surface area contributed by atoms with E-state index in [2.05, 4.69) is 15.8 Å². The number of aromatic nitrogens is 1. The number of nitrogens with one attached hydrogen (secondary N) is 3. The molecule has 0 radical (unpaired) electrons. The summed E-state index contributed by atoms with van der Waals surface area (Å²) >= 11 is 0. The number of amides is 1. The predicted octanol–water partition coefficient (Wildman–Crippen LogP) is 4.44. The summed E-state index contributed by atoms with van der Waals surface area (Å²) in [5.41, 5.74) is 6.07. The van der Waals surface area contributed by atoms with Crippen molar-refractivity contribution in [1.29, 1.82) is 0 Å². The van der Waals surface area contributed by atoms with Crippen LogP contribution in [0.5, 0.6) is 0 Å². The third kappa shape index (κ3) is 6.31. The highest BCUT2D eigenvalue weighted by molar-refractivity contribution is 5.97. The lowest BCUT2D eigenvalue weighted by atomic mass is 10.00. The monoisotopic (exact) mass is 433 g/mol. The van der Waals surface area contributed by atoms with Gasteiger partial charge in [0.25, 0.3) is 5.91 Å². The van der Waals surface area contributed by atoms with Gasteiger partial charge in [-0.1, -0.05) is 75.4 Å². The maximum Gasteiger partial charge on any atom is 0.269 e. The third-order valence-electron chi connectivity index (χ3n) is 5.15. The molecule has 1 atom stereocenters. The average molecular weight is 434 g/mol. The lowest BCUT2D eigenvalue weighted by Gasteiger charge is -2.19. The van der Waals surface area contributed by atoms with Crippen molar-refractivity contribution in [2.45, 2.75) is 46.3 Å². The SMILES string of the molecule is CCC(=O)C(Cc1c[nH]c2ccccc12)NC(=O)C(=CC(C)C)NOCc1ccccc1. The van der Waals surface area contributed by atoms with E-state index in [0.29, 0.717) is 25.1 Å². The number of Topliss-reactive ketones (excluding diaryl/α,β-unsaturated/α-hetero) is 1. The maximum atomic E-state index is 13.1. The number of ketones is 1. The van der Waals surface area contributed by atoms with E-state index in [4.69, 9.17) is 4.84 Å². The Hall–Kier alpha value is -3.38. The summed E-state index contributed by atoms with van der Waals surface area (Å²) in [6.07, 6.45) is 4.45. The van der Waals surface area contributed by atoms with Crippen LogP contribution in [0.4, 0.5) is 0 Å². The largest absolute Gasteiger partial charge is 0.361 e. The van der Waals surface area contributed by atoms with Gasteiger partial charge in [0.1, 0.15) is 5.70 Å². The van der Waals surface area contributed by atoms with Crippen molar-refractivity contribution in [3.05, 3.63) is 83.7 Å². The van der Waals surface area contributed by atoms with Crippen LogP contribution in [0, 0.1) is 5.92 Å². The van der Waals surface area contributed by atoms with Gasteiger partial charge in [-0.15, -0.1) is 0 Å². The minimum absolute atomic E-state index is 0.0160. The summed E-state index contributed by atoms with van der Waals surface area (Å²) in [6.45, 7) is 6.08. The Balaban J connectivity index is 1.71. The molecule has 0 spiro atoms. The number of hydrogen-bond donors (Lipinski definition) is 3. The molecule has 3 aromatic rings. The molecule has 6 heteroatoms. The molecule has 2 aromatic carbocycles. The van der Waals surface area contributed by atoms with E-state index in [0.717, 1.165) is 22.0 Å². The number of rotatable bonds is 11. The lowest BCUT2D eigenvalue weighted by molar-refractivity contribution is -0.126. The van der Waals surface area contributed by atoms with E-state index in [9.17, 15) is 9.59 Å². The molecule has 1 heterocycles. The number of benzene rings is 2. The second kappa shape index (κ2) is 11.3. The van der Waals surface area contributed by atoms with Gasteiger partial charge in [0.15, 0.2) is 5.78 Å². The van der Waals surface area contributed by atoms with E-state index < -0.39 is 6.04 Å². The summed E-state index contributed by atoms with van der Waals surface area (Å²) in [5.74, 6) is -0.256. The zero-order chi connectivity index (χ0) is 22.9. The van der Waals surface area contributed by atoms with E-state index in [1.54, 1.807) is 6.08 Å². The lowest BCUT2D eigenvalue weighted by Crippen LogP contribution is -2.44. The van der Waals surface area contributed by atoms with Gasteiger partial charge in [0.05, 0.1) is 12.6 Å². The summed E-state index contributed by atoms with van der Waals surface area (Å²) < 4.78 is 0. The highest BCUT2D eigenvalue weighted by Gasteiger charge is 2.23. The van der Waals surface area contributed by atoms with Gasteiger partial charge < -0.3 is 10.3 Å². The molecule has 0 bridgehead atoms. The number of fused-ring (bicyclic) bond motifs is 1. The first kappa shape index (κ1) is 23.3. The molecule has 32 heavy (non-hydrogen) atoms. The normalized spacial score (nSPS) is 12.7. The van der Waals surface area contributed by atoms with Crippen molar-refractivity contribution >= 4 is 22.6 Å². The second-order valence-corrected chi connectivity index (χ2v) is 8.11. The van der Waals surface area contributed by atoms with Crippen LogP contribution < -0.4 is 10.8 Å². The van der Waals surface area contributed by atoms with Crippen LogP contribution in [-0.2, 0) is 27.5 Å². The summed E-state index contributed by atoms with van der Waals surface area (Å²) in [6, 6.07) is 17.0. The van der Waals surface area contributed by atoms with Crippen LogP contribution >= 0.6 is 0 Å². The summed E-state index contributed by atoms with van der Waals surface area (Å²) in [5, 5.41) is 3.97. The van der Waals surface area contributed by atoms with E-state index in [1.165, 1.54) is 0 Å². The van der Waals surface area contributed by atoms with E-state index in [1.807, 2.05) is 81.6 Å². The number of para-hydroxylation sites is 1. The smallest absolute Gasteiger partial charge is 0.269 e. The second-order valence-electron chi connectivity index (χ2n) is 8.11. The van der Waals surface area contributed by atoms with Gasteiger partial charge in [0.2, 0.25) is 0 Å². The summed E-state index contributed by atoms with van der Waals surface area (Å²) in [7, 11) is 0. The minimum Gasteiger partial charge on any atom is -0.361 e. The van der Waals surface area contributed by atoms with Crippen molar-refractivity contribution in [3.8, 4) is 0 Å². The van der Waals surface area contributed by atoms with Crippen LogP contribution in [0.15, 0.2) is 72.6 Å². The van der Waals surface area contributed by atoms with Gasteiger partial charge in [-0.2, -0.15) is 0 Å². The Morgan fingerprint density at radius 3 is 2.50 bits per heavy atom. The van der Waals surface area contributed by atoms with Crippen LogP contribution in [0.2, 0.25) is 0 Å². The van der Waals surface area contributed by atoms with E-state index >= 15 is 0 Å². The molecule has 1 amide bonds. The predicted molar refractivity (Wildman–Crippen MR) is 127 cm³/mol. The summed E-state index contributed by atoms with van der Waals surface area (Å²) in [4.78, 5) is 34.5. The van der Waals surface area contributed by atoms with Crippen LogP contribution in [0.3, 0.4) is 0 Å². The number of allylic oxidation sites excluding steroid dienone is 1. The van der Waals surface area contributed by atoms with Crippen molar-refractivity contribution in [1.82, 2.24) is 15.8 Å². The molecule has 0 fully saturated rings. The maximum absolute atomic E-state index is 13.1.